The zero-order valence-corrected chi connectivity index (χ0v) is 16.1. The highest BCUT2D eigenvalue weighted by molar-refractivity contribution is 5.99. The van der Waals surface area contributed by atoms with Gasteiger partial charge in [-0.25, -0.2) is 14.8 Å². The van der Waals surface area contributed by atoms with E-state index in [1.165, 1.54) is 12.4 Å². The van der Waals surface area contributed by atoms with Gasteiger partial charge in [-0.15, -0.1) is 0 Å². The van der Waals surface area contributed by atoms with E-state index in [-0.39, 0.29) is 6.03 Å². The minimum absolute atomic E-state index is 0.373. The monoisotopic (exact) mass is 400 g/mol. The number of aromatic amines is 1. The SMILES string of the molecule is O=C(Nc1ccc(CCOc2ccccc2-c2cnc[nH]2)cc1)Nc1cnccn1. The van der Waals surface area contributed by atoms with Crippen LogP contribution in [0.15, 0.2) is 79.6 Å². The lowest BCUT2D eigenvalue weighted by molar-refractivity contribution is 0.262. The van der Waals surface area contributed by atoms with Gasteiger partial charge in [0.1, 0.15) is 5.75 Å². The predicted octanol–water partition coefficient (Wildman–Crippen LogP) is 4.13. The van der Waals surface area contributed by atoms with Gasteiger partial charge in [-0.05, 0) is 29.8 Å². The normalized spacial score (nSPS) is 10.4. The fourth-order valence-electron chi connectivity index (χ4n) is 2.89. The summed E-state index contributed by atoms with van der Waals surface area (Å²) in [6.45, 7) is 0.533. The van der Waals surface area contributed by atoms with Crippen molar-refractivity contribution >= 4 is 17.5 Å². The third-order valence-corrected chi connectivity index (χ3v) is 4.34. The van der Waals surface area contributed by atoms with Gasteiger partial charge in [0.15, 0.2) is 5.82 Å². The summed E-state index contributed by atoms with van der Waals surface area (Å²) in [6, 6.07) is 15.1. The molecule has 0 aliphatic carbocycles. The summed E-state index contributed by atoms with van der Waals surface area (Å²) >= 11 is 0. The van der Waals surface area contributed by atoms with E-state index in [9.17, 15) is 4.79 Å². The van der Waals surface area contributed by atoms with Gasteiger partial charge in [0, 0.05) is 30.1 Å². The smallest absolute Gasteiger partial charge is 0.324 e. The summed E-state index contributed by atoms with van der Waals surface area (Å²) in [5, 5.41) is 5.39. The second kappa shape index (κ2) is 9.33. The maximum atomic E-state index is 12.0. The molecular formula is C22H20N6O2. The Bertz CT molecular complexity index is 1080. The number of anilines is 2. The van der Waals surface area contributed by atoms with Crippen LogP contribution in [0.1, 0.15) is 5.56 Å². The Morgan fingerprint density at radius 2 is 1.83 bits per heavy atom. The van der Waals surface area contributed by atoms with Gasteiger partial charge >= 0.3 is 6.03 Å². The summed E-state index contributed by atoms with van der Waals surface area (Å²) in [7, 11) is 0. The van der Waals surface area contributed by atoms with E-state index in [0.717, 1.165) is 29.0 Å². The Balaban J connectivity index is 1.29. The minimum Gasteiger partial charge on any atom is -0.493 e. The Hall–Kier alpha value is -4.20. The Kier molecular flexibility index (Phi) is 5.95. The number of H-pyrrole nitrogens is 1. The van der Waals surface area contributed by atoms with Crippen molar-refractivity contribution in [1.29, 1.82) is 0 Å². The Morgan fingerprint density at radius 1 is 0.967 bits per heavy atom. The molecule has 0 saturated carbocycles. The van der Waals surface area contributed by atoms with E-state index in [0.29, 0.717) is 18.1 Å². The topological polar surface area (TPSA) is 105 Å². The number of rotatable bonds is 7. The van der Waals surface area contributed by atoms with Crippen LogP contribution >= 0.6 is 0 Å². The van der Waals surface area contributed by atoms with Crippen molar-refractivity contribution in [3.8, 4) is 17.0 Å². The summed E-state index contributed by atoms with van der Waals surface area (Å²) in [4.78, 5) is 27.1. The number of ether oxygens (including phenoxy) is 1. The van der Waals surface area contributed by atoms with E-state index in [2.05, 4.69) is 30.6 Å². The first-order valence-corrected chi connectivity index (χ1v) is 9.41. The standard InChI is InChI=1S/C22H20N6O2/c29-22(28-21-14-23-10-11-25-21)27-17-7-5-16(6-8-17)9-12-30-20-4-2-1-3-18(20)19-13-24-15-26-19/h1-8,10-11,13-15H,9,12H2,(H,24,26)(H2,25,27,28,29). The van der Waals surface area contributed by atoms with Crippen LogP contribution in [0, 0.1) is 0 Å². The van der Waals surface area contributed by atoms with Crippen LogP contribution in [0.4, 0.5) is 16.3 Å². The minimum atomic E-state index is -0.373. The molecule has 0 unspecified atom stereocenters. The van der Waals surface area contributed by atoms with Gasteiger partial charge in [-0.1, -0.05) is 24.3 Å². The van der Waals surface area contributed by atoms with E-state index >= 15 is 0 Å². The molecule has 4 rings (SSSR count). The number of aromatic nitrogens is 4. The molecule has 3 N–H and O–H groups in total. The van der Waals surface area contributed by atoms with Crippen LogP contribution in [0.25, 0.3) is 11.3 Å². The van der Waals surface area contributed by atoms with E-state index in [1.807, 2.05) is 48.5 Å². The van der Waals surface area contributed by atoms with Crippen LogP contribution in [0.2, 0.25) is 0 Å². The molecule has 4 aromatic rings. The van der Waals surface area contributed by atoms with E-state index < -0.39 is 0 Å². The molecule has 2 heterocycles. The molecule has 0 saturated heterocycles. The number of carbonyl (C=O) groups excluding carboxylic acids is 1. The zero-order chi connectivity index (χ0) is 20.6. The van der Waals surface area contributed by atoms with Crippen molar-refractivity contribution in [1.82, 2.24) is 19.9 Å². The molecule has 0 spiro atoms. The van der Waals surface area contributed by atoms with E-state index in [4.69, 9.17) is 4.74 Å². The van der Waals surface area contributed by atoms with Crippen molar-refractivity contribution < 1.29 is 9.53 Å². The van der Waals surface area contributed by atoms with E-state index in [1.54, 1.807) is 18.7 Å². The maximum Gasteiger partial charge on any atom is 0.324 e. The van der Waals surface area contributed by atoms with Gasteiger partial charge in [0.2, 0.25) is 0 Å². The van der Waals surface area contributed by atoms with Crippen molar-refractivity contribution in [3.05, 3.63) is 85.2 Å². The third kappa shape index (κ3) is 4.99. The Morgan fingerprint density at radius 3 is 2.60 bits per heavy atom. The van der Waals surface area contributed by atoms with Crippen LogP contribution in [0.3, 0.4) is 0 Å². The predicted molar refractivity (Wildman–Crippen MR) is 114 cm³/mol. The molecule has 30 heavy (non-hydrogen) atoms. The quantitative estimate of drug-likeness (QED) is 0.433. The number of hydrogen-bond donors (Lipinski definition) is 3. The molecule has 0 fully saturated rings. The van der Waals surface area contributed by atoms with Crippen molar-refractivity contribution in [2.24, 2.45) is 0 Å². The third-order valence-electron chi connectivity index (χ3n) is 4.34. The summed E-state index contributed by atoms with van der Waals surface area (Å²) in [5.41, 5.74) is 3.68. The van der Waals surface area contributed by atoms with Crippen LogP contribution in [0.5, 0.6) is 5.75 Å². The number of nitrogens with one attached hydrogen (secondary N) is 3. The molecule has 2 amide bonds. The molecule has 0 aliphatic heterocycles. The fraction of sp³-hybridized carbons (Fsp3) is 0.0909. The zero-order valence-electron chi connectivity index (χ0n) is 16.1. The lowest BCUT2D eigenvalue weighted by Crippen LogP contribution is -2.20. The highest BCUT2D eigenvalue weighted by Crippen LogP contribution is 2.28. The molecule has 0 aliphatic rings. The summed E-state index contributed by atoms with van der Waals surface area (Å²) in [5.74, 6) is 1.19. The highest BCUT2D eigenvalue weighted by atomic mass is 16.5. The number of benzene rings is 2. The average Bonchev–Trinajstić information content (AvgIpc) is 3.31. The number of nitrogens with zero attached hydrogens (tertiary/aromatic N) is 3. The first kappa shape index (κ1) is 19.1. The first-order chi connectivity index (χ1) is 14.8. The highest BCUT2D eigenvalue weighted by Gasteiger charge is 2.07. The molecule has 8 heteroatoms. The number of para-hydroxylation sites is 1. The van der Waals surface area contributed by atoms with Crippen LogP contribution in [-0.4, -0.2) is 32.6 Å². The molecule has 2 aromatic heterocycles. The molecule has 0 radical (unpaired) electrons. The summed E-state index contributed by atoms with van der Waals surface area (Å²) in [6.07, 6.45) is 8.70. The van der Waals surface area contributed by atoms with Gasteiger partial charge in [-0.2, -0.15) is 0 Å². The maximum absolute atomic E-state index is 12.0. The van der Waals surface area contributed by atoms with Crippen molar-refractivity contribution in [2.45, 2.75) is 6.42 Å². The molecular weight excluding hydrogens is 380 g/mol. The van der Waals surface area contributed by atoms with Crippen molar-refractivity contribution in [2.75, 3.05) is 17.2 Å². The van der Waals surface area contributed by atoms with Crippen molar-refractivity contribution in [3.63, 3.8) is 0 Å². The number of amides is 2. The summed E-state index contributed by atoms with van der Waals surface area (Å²) < 4.78 is 5.99. The second-order valence-electron chi connectivity index (χ2n) is 6.43. The Labute approximate surface area is 173 Å². The molecule has 8 nitrogen and oxygen atoms in total. The number of imidazole rings is 1. The molecule has 2 aromatic carbocycles. The van der Waals surface area contributed by atoms with Gasteiger partial charge in [0.05, 0.1) is 31.0 Å². The van der Waals surface area contributed by atoms with Gasteiger partial charge < -0.3 is 15.0 Å². The lowest BCUT2D eigenvalue weighted by atomic mass is 10.1. The largest absolute Gasteiger partial charge is 0.493 e. The lowest BCUT2D eigenvalue weighted by Gasteiger charge is -2.11. The van der Waals surface area contributed by atoms with Crippen LogP contribution < -0.4 is 15.4 Å². The number of urea groups is 1. The van der Waals surface area contributed by atoms with Crippen LogP contribution in [-0.2, 0) is 6.42 Å². The van der Waals surface area contributed by atoms with Gasteiger partial charge in [-0.3, -0.25) is 10.3 Å². The fourth-order valence-corrected chi connectivity index (χ4v) is 2.89. The molecule has 150 valence electrons. The molecule has 0 bridgehead atoms. The second-order valence-corrected chi connectivity index (χ2v) is 6.43. The first-order valence-electron chi connectivity index (χ1n) is 9.41. The average molecular weight is 400 g/mol. The number of carbonyl (C=O) groups is 1. The molecule has 0 atom stereocenters. The number of hydrogen-bond acceptors (Lipinski definition) is 5. The van der Waals surface area contributed by atoms with Gasteiger partial charge in [0.25, 0.3) is 0 Å².